The number of hydrogen-bond acceptors (Lipinski definition) is 6. The van der Waals surface area contributed by atoms with Gasteiger partial charge in [-0.25, -0.2) is 0 Å². The number of non-ortho nitro benzene ring substituents is 1. The summed E-state index contributed by atoms with van der Waals surface area (Å²) in [6, 6.07) is 6.63. The van der Waals surface area contributed by atoms with Crippen LogP contribution in [-0.2, 0) is 6.54 Å². The predicted octanol–water partition coefficient (Wildman–Crippen LogP) is 2.22. The minimum atomic E-state index is -0.393. The normalized spacial score (nSPS) is 12.3. The number of aromatic nitrogens is 2. The number of nitro benzene ring substituents is 1. The maximum absolute atomic E-state index is 10.8. The van der Waals surface area contributed by atoms with Gasteiger partial charge < -0.3 is 9.84 Å². The lowest BCUT2D eigenvalue weighted by Crippen LogP contribution is -2.21. The van der Waals surface area contributed by atoms with E-state index in [0.29, 0.717) is 12.4 Å². The van der Waals surface area contributed by atoms with Gasteiger partial charge in [0, 0.05) is 18.2 Å². The number of benzene rings is 1. The van der Waals surface area contributed by atoms with Gasteiger partial charge in [0.15, 0.2) is 5.82 Å². The van der Waals surface area contributed by atoms with E-state index in [-0.39, 0.29) is 11.7 Å². The van der Waals surface area contributed by atoms with Crippen molar-refractivity contribution < 1.29 is 9.45 Å². The van der Waals surface area contributed by atoms with Crippen LogP contribution in [0, 0.1) is 10.1 Å². The Kier molecular flexibility index (Phi) is 4.19. The van der Waals surface area contributed by atoms with E-state index in [4.69, 9.17) is 0 Å². The van der Waals surface area contributed by atoms with Gasteiger partial charge in [-0.3, -0.25) is 10.1 Å². The molecule has 100 valence electrons. The second-order valence-electron chi connectivity index (χ2n) is 4.04. The quantitative estimate of drug-likeness (QED) is 0.633. The first-order chi connectivity index (χ1) is 9.20. The summed E-state index contributed by atoms with van der Waals surface area (Å²) in [5, 5.41) is 17.7. The fourth-order valence-corrected chi connectivity index (χ4v) is 1.84. The van der Waals surface area contributed by atoms with Crippen LogP contribution in [0.15, 0.2) is 35.2 Å². The van der Waals surface area contributed by atoms with Crippen molar-refractivity contribution in [3.63, 3.8) is 0 Å². The van der Waals surface area contributed by atoms with Crippen LogP contribution in [0.4, 0.5) is 5.69 Å². The Labute approximate surface area is 109 Å². The molecule has 0 aliphatic rings. The molecule has 0 saturated carbocycles. The zero-order valence-corrected chi connectivity index (χ0v) is 10.4. The molecule has 1 aromatic heterocycles. The molecule has 2 aromatic rings. The van der Waals surface area contributed by atoms with Gasteiger partial charge in [0.2, 0.25) is 6.39 Å². The number of hydrogen-bond donors (Lipinski definition) is 1. The standard InChI is InChI=1S/C12H14N4O3/c1-2-11(13-7-12-14-8-19-15-12)9-4-3-5-10(6-9)16(17)18/h3-6,8,11,13H,2,7H2,1H3. The van der Waals surface area contributed by atoms with Crippen molar-refractivity contribution >= 4 is 5.69 Å². The molecule has 1 unspecified atom stereocenters. The van der Waals surface area contributed by atoms with Crippen LogP contribution in [0.25, 0.3) is 0 Å². The summed E-state index contributed by atoms with van der Waals surface area (Å²) in [6.07, 6.45) is 2.07. The average Bonchev–Trinajstić information content (AvgIpc) is 2.93. The summed E-state index contributed by atoms with van der Waals surface area (Å²) in [7, 11) is 0. The number of nitrogens with zero attached hydrogens (tertiary/aromatic N) is 3. The molecule has 0 saturated heterocycles. The minimum Gasteiger partial charge on any atom is -0.343 e. The molecule has 1 N–H and O–H groups in total. The molecule has 0 radical (unpaired) electrons. The van der Waals surface area contributed by atoms with Gasteiger partial charge in [0.25, 0.3) is 5.69 Å². The van der Waals surface area contributed by atoms with Crippen molar-refractivity contribution in [1.82, 2.24) is 15.5 Å². The van der Waals surface area contributed by atoms with Crippen LogP contribution in [0.1, 0.15) is 30.8 Å². The molecule has 7 heteroatoms. The molecule has 0 amide bonds. The molecule has 1 heterocycles. The molecule has 0 spiro atoms. The summed E-state index contributed by atoms with van der Waals surface area (Å²) < 4.78 is 4.65. The van der Waals surface area contributed by atoms with Gasteiger partial charge in [-0.05, 0) is 12.0 Å². The number of nitro groups is 1. The Morgan fingerprint density at radius 2 is 2.37 bits per heavy atom. The molecule has 19 heavy (non-hydrogen) atoms. The van der Waals surface area contributed by atoms with E-state index in [1.165, 1.54) is 12.5 Å². The Bertz CT molecular complexity index is 542. The van der Waals surface area contributed by atoms with E-state index in [1.54, 1.807) is 12.1 Å². The highest BCUT2D eigenvalue weighted by Crippen LogP contribution is 2.21. The van der Waals surface area contributed by atoms with Gasteiger partial charge in [-0.15, -0.1) is 0 Å². The molecule has 0 bridgehead atoms. The second-order valence-corrected chi connectivity index (χ2v) is 4.04. The van der Waals surface area contributed by atoms with Gasteiger partial charge in [-0.1, -0.05) is 24.2 Å². The summed E-state index contributed by atoms with van der Waals surface area (Å²) in [4.78, 5) is 14.3. The molecule has 0 fully saturated rings. The Morgan fingerprint density at radius 3 is 3.00 bits per heavy atom. The van der Waals surface area contributed by atoms with E-state index in [0.717, 1.165) is 12.0 Å². The maximum atomic E-state index is 10.8. The molecular weight excluding hydrogens is 248 g/mol. The van der Waals surface area contributed by atoms with Gasteiger partial charge in [0.05, 0.1) is 11.5 Å². The van der Waals surface area contributed by atoms with Gasteiger partial charge in [-0.2, -0.15) is 4.98 Å². The fourth-order valence-electron chi connectivity index (χ4n) is 1.84. The minimum absolute atomic E-state index is 0.0124. The van der Waals surface area contributed by atoms with Crippen molar-refractivity contribution in [2.75, 3.05) is 0 Å². The average molecular weight is 262 g/mol. The molecule has 1 atom stereocenters. The Hall–Kier alpha value is -2.28. The first-order valence-corrected chi connectivity index (χ1v) is 5.93. The summed E-state index contributed by atoms with van der Waals surface area (Å²) in [5.74, 6) is 0.559. The van der Waals surface area contributed by atoms with Crippen LogP contribution in [0.5, 0.6) is 0 Å². The first-order valence-electron chi connectivity index (χ1n) is 5.93. The molecule has 0 aliphatic heterocycles. The van der Waals surface area contributed by atoms with Crippen molar-refractivity contribution in [3.8, 4) is 0 Å². The highest BCUT2D eigenvalue weighted by Gasteiger charge is 2.13. The maximum Gasteiger partial charge on any atom is 0.269 e. The molecule has 0 aliphatic carbocycles. The van der Waals surface area contributed by atoms with E-state index < -0.39 is 4.92 Å². The lowest BCUT2D eigenvalue weighted by molar-refractivity contribution is -0.384. The Balaban J connectivity index is 2.08. The Morgan fingerprint density at radius 1 is 1.53 bits per heavy atom. The number of nitrogens with one attached hydrogen (secondary N) is 1. The molecule has 2 rings (SSSR count). The lowest BCUT2D eigenvalue weighted by Gasteiger charge is -2.16. The third-order valence-corrected chi connectivity index (χ3v) is 2.81. The summed E-state index contributed by atoms with van der Waals surface area (Å²) >= 11 is 0. The van der Waals surface area contributed by atoms with Crippen molar-refractivity contribution in [1.29, 1.82) is 0 Å². The van der Waals surface area contributed by atoms with E-state index >= 15 is 0 Å². The third kappa shape index (κ3) is 3.35. The van der Waals surface area contributed by atoms with Crippen molar-refractivity contribution in [2.45, 2.75) is 25.9 Å². The molecule has 1 aromatic carbocycles. The predicted molar refractivity (Wildman–Crippen MR) is 67.3 cm³/mol. The summed E-state index contributed by atoms with van der Waals surface area (Å²) in [5.41, 5.74) is 0.970. The van der Waals surface area contributed by atoms with Crippen LogP contribution < -0.4 is 5.32 Å². The highest BCUT2D eigenvalue weighted by molar-refractivity contribution is 5.35. The van der Waals surface area contributed by atoms with Crippen molar-refractivity contribution in [2.24, 2.45) is 0 Å². The van der Waals surface area contributed by atoms with Crippen LogP contribution in [0.2, 0.25) is 0 Å². The van der Waals surface area contributed by atoms with Crippen LogP contribution in [-0.4, -0.2) is 15.1 Å². The zero-order valence-electron chi connectivity index (χ0n) is 10.4. The SMILES string of the molecule is CCC(NCc1ncon1)c1cccc([N+](=O)[O-])c1. The van der Waals surface area contributed by atoms with Crippen LogP contribution >= 0.6 is 0 Å². The highest BCUT2D eigenvalue weighted by atomic mass is 16.6. The van der Waals surface area contributed by atoms with Gasteiger partial charge in [0.1, 0.15) is 0 Å². The monoisotopic (exact) mass is 262 g/mol. The summed E-state index contributed by atoms with van der Waals surface area (Å²) in [6.45, 7) is 2.46. The topological polar surface area (TPSA) is 94.1 Å². The first kappa shape index (κ1) is 13.2. The van der Waals surface area contributed by atoms with E-state index in [1.807, 2.05) is 13.0 Å². The van der Waals surface area contributed by atoms with Crippen LogP contribution in [0.3, 0.4) is 0 Å². The smallest absolute Gasteiger partial charge is 0.269 e. The third-order valence-electron chi connectivity index (χ3n) is 2.81. The lowest BCUT2D eigenvalue weighted by atomic mass is 10.0. The van der Waals surface area contributed by atoms with E-state index in [2.05, 4.69) is 20.0 Å². The zero-order chi connectivity index (χ0) is 13.7. The van der Waals surface area contributed by atoms with Gasteiger partial charge >= 0.3 is 0 Å². The largest absolute Gasteiger partial charge is 0.343 e. The molecule has 7 nitrogen and oxygen atoms in total. The fraction of sp³-hybridized carbons (Fsp3) is 0.333. The second kappa shape index (κ2) is 6.05. The van der Waals surface area contributed by atoms with E-state index in [9.17, 15) is 10.1 Å². The molecular formula is C12H14N4O3. The number of rotatable bonds is 6. The van der Waals surface area contributed by atoms with Crippen molar-refractivity contribution in [3.05, 3.63) is 52.2 Å².